The molecule has 2 aromatic rings. The van der Waals surface area contributed by atoms with E-state index in [0.29, 0.717) is 12.1 Å². The van der Waals surface area contributed by atoms with Crippen molar-refractivity contribution in [3.8, 4) is 5.69 Å². The van der Waals surface area contributed by atoms with Gasteiger partial charge in [0.1, 0.15) is 0 Å². The summed E-state index contributed by atoms with van der Waals surface area (Å²) in [4.78, 5) is 0. The molecule has 0 fully saturated rings. The van der Waals surface area contributed by atoms with Crippen molar-refractivity contribution in [3.63, 3.8) is 0 Å². The summed E-state index contributed by atoms with van der Waals surface area (Å²) in [6.07, 6.45) is -2.97. The minimum Gasteiger partial charge on any atom is -0.326 e. The summed E-state index contributed by atoms with van der Waals surface area (Å²) in [5.41, 5.74) is 6.96. The third-order valence-electron chi connectivity index (χ3n) is 3.42. The van der Waals surface area contributed by atoms with Crippen LogP contribution in [0.5, 0.6) is 0 Å². The number of halogens is 3. The van der Waals surface area contributed by atoms with Gasteiger partial charge in [0.05, 0.1) is 16.9 Å². The third-order valence-corrected chi connectivity index (χ3v) is 3.42. The van der Waals surface area contributed by atoms with Crippen LogP contribution in [0.25, 0.3) is 5.69 Å². The summed E-state index contributed by atoms with van der Waals surface area (Å²) in [7, 11) is 0. The maximum Gasteiger partial charge on any atom is 0.416 e. The number of aromatic nitrogens is 2. The van der Waals surface area contributed by atoms with Crippen molar-refractivity contribution < 1.29 is 13.2 Å². The number of rotatable bonds is 4. The fourth-order valence-electron chi connectivity index (χ4n) is 2.26. The average molecular weight is 297 g/mol. The Labute approximate surface area is 121 Å². The van der Waals surface area contributed by atoms with Gasteiger partial charge in [0.25, 0.3) is 0 Å². The van der Waals surface area contributed by atoms with Crippen LogP contribution in [0, 0.1) is 0 Å². The fraction of sp³-hybridized carbons (Fsp3) is 0.400. The van der Waals surface area contributed by atoms with Gasteiger partial charge < -0.3 is 5.73 Å². The normalized spacial score (nSPS) is 11.9. The molecule has 3 nitrogen and oxygen atoms in total. The minimum atomic E-state index is -4.42. The Morgan fingerprint density at radius 1 is 1.14 bits per heavy atom. The predicted octanol–water partition coefficient (Wildman–Crippen LogP) is 3.47. The van der Waals surface area contributed by atoms with Crippen molar-refractivity contribution in [2.75, 3.05) is 0 Å². The molecule has 0 bridgehead atoms. The summed E-state index contributed by atoms with van der Waals surface area (Å²) < 4.78 is 40.9. The Balaban J connectivity index is 2.57. The molecule has 0 aliphatic heterocycles. The van der Waals surface area contributed by atoms with Gasteiger partial charge in [-0.1, -0.05) is 19.9 Å². The van der Waals surface area contributed by atoms with Crippen molar-refractivity contribution in [2.45, 2.75) is 39.4 Å². The van der Waals surface area contributed by atoms with Crippen LogP contribution in [0.4, 0.5) is 13.2 Å². The van der Waals surface area contributed by atoms with Crippen LogP contribution >= 0.6 is 0 Å². The number of benzene rings is 1. The highest BCUT2D eigenvalue weighted by molar-refractivity contribution is 5.43. The van der Waals surface area contributed by atoms with Gasteiger partial charge in [-0.3, -0.25) is 0 Å². The topological polar surface area (TPSA) is 43.8 Å². The highest BCUT2D eigenvalue weighted by Crippen LogP contribution is 2.33. The molecule has 0 aliphatic carbocycles. The number of nitrogens with two attached hydrogens (primary N) is 1. The van der Waals surface area contributed by atoms with Crippen LogP contribution in [-0.2, 0) is 25.6 Å². The molecule has 114 valence electrons. The molecule has 0 amide bonds. The van der Waals surface area contributed by atoms with E-state index in [1.807, 2.05) is 19.9 Å². The third kappa shape index (κ3) is 3.10. The van der Waals surface area contributed by atoms with Crippen LogP contribution in [0.3, 0.4) is 0 Å². The van der Waals surface area contributed by atoms with E-state index in [4.69, 9.17) is 5.73 Å². The second-order valence-corrected chi connectivity index (χ2v) is 4.79. The molecular formula is C15H18F3N3. The molecular weight excluding hydrogens is 279 g/mol. The Morgan fingerprint density at radius 2 is 1.86 bits per heavy atom. The summed E-state index contributed by atoms with van der Waals surface area (Å²) in [5.74, 6) is 0. The average Bonchev–Trinajstić information content (AvgIpc) is 2.89. The first-order valence-electron chi connectivity index (χ1n) is 6.89. The molecule has 0 spiro atoms. The quantitative estimate of drug-likeness (QED) is 0.939. The monoisotopic (exact) mass is 297 g/mol. The van der Waals surface area contributed by atoms with E-state index in [1.165, 1.54) is 6.07 Å². The van der Waals surface area contributed by atoms with Crippen molar-refractivity contribution in [1.82, 2.24) is 9.78 Å². The number of hydrogen-bond donors (Lipinski definition) is 1. The molecule has 1 aromatic heterocycles. The van der Waals surface area contributed by atoms with Crippen molar-refractivity contribution >= 4 is 0 Å². The lowest BCUT2D eigenvalue weighted by Crippen LogP contribution is -2.13. The molecule has 0 aliphatic rings. The lowest BCUT2D eigenvalue weighted by molar-refractivity contribution is -0.138. The van der Waals surface area contributed by atoms with E-state index in [2.05, 4.69) is 5.10 Å². The zero-order valence-corrected chi connectivity index (χ0v) is 12.0. The molecule has 2 N–H and O–H groups in total. The smallest absolute Gasteiger partial charge is 0.326 e. The maximum absolute atomic E-state index is 13.1. The molecule has 0 saturated heterocycles. The number of nitrogens with zero attached hydrogens (tertiary/aromatic N) is 2. The van der Waals surface area contributed by atoms with Gasteiger partial charge in [-0.05, 0) is 36.6 Å². The van der Waals surface area contributed by atoms with E-state index >= 15 is 0 Å². The van der Waals surface area contributed by atoms with Crippen LogP contribution < -0.4 is 5.73 Å². The van der Waals surface area contributed by atoms with Crippen LogP contribution in [0.2, 0.25) is 0 Å². The number of aryl methyl sites for hydroxylation is 2. The van der Waals surface area contributed by atoms with E-state index < -0.39 is 11.7 Å². The van der Waals surface area contributed by atoms with Crippen LogP contribution in [0.1, 0.15) is 36.4 Å². The first-order chi connectivity index (χ1) is 9.90. The maximum atomic E-state index is 13.1. The molecule has 0 atom stereocenters. The highest BCUT2D eigenvalue weighted by atomic mass is 19.4. The Bertz CT molecular complexity index is 630. The molecule has 0 unspecified atom stereocenters. The lowest BCUT2D eigenvalue weighted by Gasteiger charge is -2.14. The van der Waals surface area contributed by atoms with Gasteiger partial charge in [-0.25, -0.2) is 4.68 Å². The zero-order chi connectivity index (χ0) is 15.6. The molecule has 0 radical (unpaired) electrons. The van der Waals surface area contributed by atoms with E-state index in [1.54, 1.807) is 10.7 Å². The van der Waals surface area contributed by atoms with Crippen molar-refractivity contribution in [1.29, 1.82) is 0 Å². The van der Waals surface area contributed by atoms with Gasteiger partial charge in [-0.15, -0.1) is 0 Å². The lowest BCUT2D eigenvalue weighted by atomic mass is 10.1. The van der Waals surface area contributed by atoms with Gasteiger partial charge in [-0.2, -0.15) is 18.3 Å². The second-order valence-electron chi connectivity index (χ2n) is 4.79. The summed E-state index contributed by atoms with van der Waals surface area (Å²) in [6.45, 7) is 3.77. The van der Waals surface area contributed by atoms with Gasteiger partial charge >= 0.3 is 6.18 Å². The summed E-state index contributed by atoms with van der Waals surface area (Å²) in [6, 6.07) is 6.09. The van der Waals surface area contributed by atoms with E-state index in [-0.39, 0.29) is 12.1 Å². The van der Waals surface area contributed by atoms with Gasteiger partial charge in [0, 0.05) is 12.2 Å². The zero-order valence-electron chi connectivity index (χ0n) is 12.0. The summed E-state index contributed by atoms with van der Waals surface area (Å²) in [5, 5.41) is 4.37. The van der Waals surface area contributed by atoms with Gasteiger partial charge in [0.15, 0.2) is 0 Å². The summed E-state index contributed by atoms with van der Waals surface area (Å²) >= 11 is 0. The first-order valence-corrected chi connectivity index (χ1v) is 6.89. The largest absolute Gasteiger partial charge is 0.416 e. The molecule has 2 rings (SSSR count). The van der Waals surface area contributed by atoms with E-state index in [0.717, 1.165) is 23.9 Å². The van der Waals surface area contributed by atoms with Gasteiger partial charge in [0.2, 0.25) is 0 Å². The molecule has 1 aromatic carbocycles. The Kier molecular flexibility index (Phi) is 4.37. The molecule has 1 heterocycles. The van der Waals surface area contributed by atoms with Crippen LogP contribution in [0.15, 0.2) is 24.3 Å². The Morgan fingerprint density at radius 3 is 2.38 bits per heavy atom. The van der Waals surface area contributed by atoms with E-state index in [9.17, 15) is 13.2 Å². The SMILES string of the molecule is CCc1cc(CC)n(-c2ccc(CN)c(C(F)(F)F)c2)n1. The molecule has 0 saturated carbocycles. The fourth-order valence-corrected chi connectivity index (χ4v) is 2.26. The second kappa shape index (κ2) is 5.89. The molecule has 21 heavy (non-hydrogen) atoms. The Hall–Kier alpha value is -1.82. The van der Waals surface area contributed by atoms with Crippen LogP contribution in [-0.4, -0.2) is 9.78 Å². The standard InChI is InChI=1S/C15H18F3N3/c1-3-11-7-12(4-2)21(20-11)13-6-5-10(9-19)14(8-13)15(16,17)18/h5-8H,3-4,9,19H2,1-2H3. The molecule has 6 heteroatoms. The highest BCUT2D eigenvalue weighted by Gasteiger charge is 2.33. The van der Waals surface area contributed by atoms with Crippen molar-refractivity contribution in [2.24, 2.45) is 5.73 Å². The minimum absolute atomic E-state index is 0.0900. The first kappa shape index (κ1) is 15.6. The van der Waals surface area contributed by atoms with Crippen molar-refractivity contribution in [3.05, 3.63) is 46.8 Å². The number of hydrogen-bond acceptors (Lipinski definition) is 2. The number of alkyl halides is 3. The predicted molar refractivity (Wildman–Crippen MR) is 75.2 cm³/mol.